The predicted molar refractivity (Wildman–Crippen MR) is 86.6 cm³/mol. The summed E-state index contributed by atoms with van der Waals surface area (Å²) >= 11 is 0. The van der Waals surface area contributed by atoms with Crippen molar-refractivity contribution in [1.82, 2.24) is 5.32 Å². The van der Waals surface area contributed by atoms with E-state index in [1.165, 1.54) is 36.9 Å². The van der Waals surface area contributed by atoms with Gasteiger partial charge in [-0.3, -0.25) is 4.79 Å². The van der Waals surface area contributed by atoms with Crippen LogP contribution in [0, 0.1) is 0 Å². The van der Waals surface area contributed by atoms with Gasteiger partial charge in [0.15, 0.2) is 0 Å². The van der Waals surface area contributed by atoms with Gasteiger partial charge in [0, 0.05) is 31.2 Å². The molecule has 2 aliphatic rings. The zero-order valence-corrected chi connectivity index (χ0v) is 12.8. The largest absolute Gasteiger partial charge is 0.370 e. The van der Waals surface area contributed by atoms with E-state index < -0.39 is 0 Å². The molecular weight excluding hydrogens is 260 g/mol. The van der Waals surface area contributed by atoms with Gasteiger partial charge in [-0.15, -0.1) is 0 Å². The van der Waals surface area contributed by atoms with Crippen molar-refractivity contribution >= 4 is 11.6 Å². The van der Waals surface area contributed by atoms with Crippen LogP contribution in [-0.2, 0) is 11.2 Å². The maximum Gasteiger partial charge on any atom is 0.221 e. The average Bonchev–Trinajstić information content (AvgIpc) is 2.74. The standard InChI is InChI=1S/C18H26N2O/c21-18(19-16-8-3-1-2-4-9-16)12-14-20-13-11-15-7-5-6-10-17(15)20/h5-7,10,16H,1-4,8-9,11-14H2,(H,19,21). The molecule has 1 amide bonds. The van der Waals surface area contributed by atoms with Crippen LogP contribution < -0.4 is 10.2 Å². The van der Waals surface area contributed by atoms with Crippen molar-refractivity contribution in [1.29, 1.82) is 0 Å². The Bertz CT molecular complexity index is 478. The molecule has 1 fully saturated rings. The van der Waals surface area contributed by atoms with E-state index >= 15 is 0 Å². The lowest BCUT2D eigenvalue weighted by Crippen LogP contribution is -2.36. The first-order valence-electron chi connectivity index (χ1n) is 8.45. The van der Waals surface area contributed by atoms with Crippen molar-refractivity contribution in [2.75, 3.05) is 18.0 Å². The van der Waals surface area contributed by atoms with Crippen LogP contribution in [-0.4, -0.2) is 25.0 Å². The molecular formula is C18H26N2O. The molecule has 0 saturated heterocycles. The number of benzene rings is 1. The van der Waals surface area contributed by atoms with E-state index in [9.17, 15) is 4.79 Å². The van der Waals surface area contributed by atoms with Gasteiger partial charge in [-0.2, -0.15) is 0 Å². The van der Waals surface area contributed by atoms with Crippen LogP contribution in [0.2, 0.25) is 0 Å². The molecule has 0 atom stereocenters. The number of hydrogen-bond acceptors (Lipinski definition) is 2. The average molecular weight is 286 g/mol. The van der Waals surface area contributed by atoms with Gasteiger partial charge >= 0.3 is 0 Å². The molecule has 3 nitrogen and oxygen atoms in total. The number of nitrogens with zero attached hydrogens (tertiary/aromatic N) is 1. The van der Waals surface area contributed by atoms with Gasteiger partial charge in [0.05, 0.1) is 0 Å². The monoisotopic (exact) mass is 286 g/mol. The van der Waals surface area contributed by atoms with Gasteiger partial charge in [0.1, 0.15) is 0 Å². The summed E-state index contributed by atoms with van der Waals surface area (Å²) < 4.78 is 0. The van der Waals surface area contributed by atoms with E-state index in [0.29, 0.717) is 12.5 Å². The van der Waals surface area contributed by atoms with Crippen LogP contribution in [0.4, 0.5) is 5.69 Å². The molecule has 3 heteroatoms. The molecule has 0 bridgehead atoms. The molecule has 3 rings (SSSR count). The molecule has 1 heterocycles. The van der Waals surface area contributed by atoms with E-state index in [0.717, 1.165) is 32.4 Å². The van der Waals surface area contributed by atoms with Gasteiger partial charge in [-0.1, -0.05) is 43.9 Å². The highest BCUT2D eigenvalue weighted by Gasteiger charge is 2.20. The predicted octanol–water partition coefficient (Wildman–Crippen LogP) is 3.28. The highest BCUT2D eigenvalue weighted by Crippen LogP contribution is 2.27. The molecule has 114 valence electrons. The number of nitrogens with one attached hydrogen (secondary N) is 1. The summed E-state index contributed by atoms with van der Waals surface area (Å²) in [6.45, 7) is 1.89. The fourth-order valence-corrected chi connectivity index (χ4v) is 3.60. The lowest BCUT2D eigenvalue weighted by molar-refractivity contribution is -0.121. The third kappa shape index (κ3) is 3.78. The first kappa shape index (κ1) is 14.4. The second-order valence-electron chi connectivity index (χ2n) is 6.37. The summed E-state index contributed by atoms with van der Waals surface area (Å²) in [6.07, 6.45) is 9.25. The number of hydrogen-bond donors (Lipinski definition) is 1. The molecule has 0 unspecified atom stereocenters. The summed E-state index contributed by atoms with van der Waals surface area (Å²) in [6, 6.07) is 8.97. The molecule has 1 aromatic rings. The first-order valence-corrected chi connectivity index (χ1v) is 8.45. The topological polar surface area (TPSA) is 32.3 Å². The number of amides is 1. The Kier molecular flexibility index (Phi) is 4.79. The van der Waals surface area contributed by atoms with E-state index in [2.05, 4.69) is 34.5 Å². The Balaban J connectivity index is 1.46. The van der Waals surface area contributed by atoms with E-state index in [1.54, 1.807) is 0 Å². The summed E-state index contributed by atoms with van der Waals surface area (Å²) in [5, 5.41) is 3.24. The van der Waals surface area contributed by atoms with Crippen molar-refractivity contribution in [2.45, 2.75) is 57.4 Å². The Morgan fingerprint density at radius 1 is 1.14 bits per heavy atom. The molecule has 21 heavy (non-hydrogen) atoms. The maximum absolute atomic E-state index is 12.2. The van der Waals surface area contributed by atoms with E-state index in [-0.39, 0.29) is 5.91 Å². The summed E-state index contributed by atoms with van der Waals surface area (Å²) in [5.41, 5.74) is 2.74. The summed E-state index contributed by atoms with van der Waals surface area (Å²) in [5.74, 6) is 0.228. The Morgan fingerprint density at radius 3 is 2.71 bits per heavy atom. The highest BCUT2D eigenvalue weighted by atomic mass is 16.1. The maximum atomic E-state index is 12.2. The lowest BCUT2D eigenvalue weighted by atomic mass is 10.1. The van der Waals surface area contributed by atoms with Crippen LogP contribution in [0.25, 0.3) is 0 Å². The van der Waals surface area contributed by atoms with Crippen molar-refractivity contribution in [2.24, 2.45) is 0 Å². The number of fused-ring (bicyclic) bond motifs is 1. The molecule has 0 aromatic heterocycles. The fraction of sp³-hybridized carbons (Fsp3) is 0.611. The third-order valence-electron chi connectivity index (χ3n) is 4.81. The van der Waals surface area contributed by atoms with E-state index in [1.807, 2.05) is 0 Å². The van der Waals surface area contributed by atoms with Crippen LogP contribution >= 0.6 is 0 Å². The van der Waals surface area contributed by atoms with Gasteiger partial charge in [-0.05, 0) is 30.9 Å². The van der Waals surface area contributed by atoms with Crippen LogP contribution in [0.1, 0.15) is 50.5 Å². The Labute approximate surface area is 127 Å². The number of anilines is 1. The quantitative estimate of drug-likeness (QED) is 0.862. The number of para-hydroxylation sites is 1. The molecule has 1 saturated carbocycles. The Morgan fingerprint density at radius 2 is 1.90 bits per heavy atom. The van der Waals surface area contributed by atoms with Gasteiger partial charge < -0.3 is 10.2 Å². The summed E-state index contributed by atoms with van der Waals surface area (Å²) in [4.78, 5) is 14.5. The smallest absolute Gasteiger partial charge is 0.221 e. The van der Waals surface area contributed by atoms with Gasteiger partial charge in [-0.25, -0.2) is 0 Å². The molecule has 0 spiro atoms. The SMILES string of the molecule is O=C(CCN1CCc2ccccc21)NC1CCCCCC1. The zero-order valence-electron chi connectivity index (χ0n) is 12.8. The molecule has 1 aromatic carbocycles. The Hall–Kier alpha value is -1.51. The highest BCUT2D eigenvalue weighted by molar-refractivity contribution is 5.77. The van der Waals surface area contributed by atoms with Crippen LogP contribution in [0.3, 0.4) is 0 Å². The number of carbonyl (C=O) groups excluding carboxylic acids is 1. The number of carbonyl (C=O) groups is 1. The summed E-state index contributed by atoms with van der Waals surface area (Å²) in [7, 11) is 0. The second-order valence-corrected chi connectivity index (χ2v) is 6.37. The van der Waals surface area contributed by atoms with Crippen molar-refractivity contribution in [3.63, 3.8) is 0 Å². The molecule has 0 radical (unpaired) electrons. The van der Waals surface area contributed by atoms with E-state index in [4.69, 9.17) is 0 Å². The van der Waals surface area contributed by atoms with Gasteiger partial charge in [0.2, 0.25) is 5.91 Å². The molecule has 1 N–H and O–H groups in total. The van der Waals surface area contributed by atoms with Crippen LogP contribution in [0.15, 0.2) is 24.3 Å². The lowest BCUT2D eigenvalue weighted by Gasteiger charge is -2.21. The minimum Gasteiger partial charge on any atom is -0.370 e. The van der Waals surface area contributed by atoms with Crippen LogP contribution in [0.5, 0.6) is 0 Å². The number of rotatable bonds is 4. The molecule has 1 aliphatic carbocycles. The second kappa shape index (κ2) is 6.97. The van der Waals surface area contributed by atoms with Crippen molar-refractivity contribution in [3.05, 3.63) is 29.8 Å². The normalized spacial score (nSPS) is 19.1. The first-order chi connectivity index (χ1) is 10.3. The van der Waals surface area contributed by atoms with Gasteiger partial charge in [0.25, 0.3) is 0 Å². The zero-order chi connectivity index (χ0) is 14.5. The minimum absolute atomic E-state index is 0.228. The molecule has 1 aliphatic heterocycles. The third-order valence-corrected chi connectivity index (χ3v) is 4.81. The fourth-order valence-electron chi connectivity index (χ4n) is 3.60. The van der Waals surface area contributed by atoms with Crippen molar-refractivity contribution < 1.29 is 4.79 Å². The van der Waals surface area contributed by atoms with Crippen molar-refractivity contribution in [3.8, 4) is 0 Å². The minimum atomic E-state index is 0.228.